The summed E-state index contributed by atoms with van der Waals surface area (Å²) in [6.45, 7) is 0.475. The summed E-state index contributed by atoms with van der Waals surface area (Å²) in [4.78, 5) is 1.49. The number of para-hydroxylation sites is 1. The van der Waals surface area contributed by atoms with Crippen molar-refractivity contribution in [3.05, 3.63) is 29.8 Å². The summed E-state index contributed by atoms with van der Waals surface area (Å²) >= 11 is 0. The minimum atomic E-state index is -2.42. The zero-order chi connectivity index (χ0) is 14.8. The van der Waals surface area contributed by atoms with Crippen LogP contribution in [0, 0.1) is 11.3 Å². The Kier molecular flexibility index (Phi) is 7.55. The van der Waals surface area contributed by atoms with E-state index in [9.17, 15) is 8.78 Å². The Morgan fingerprint density at radius 2 is 2.05 bits per heavy atom. The van der Waals surface area contributed by atoms with Crippen LogP contribution in [0.4, 0.5) is 8.78 Å². The van der Waals surface area contributed by atoms with Crippen molar-refractivity contribution in [2.24, 2.45) is 0 Å². The lowest BCUT2D eigenvalue weighted by atomic mass is 10.2. The first-order chi connectivity index (χ1) is 9.67. The maximum absolute atomic E-state index is 12.3. The number of ether oxygens (including phenoxy) is 1. The predicted octanol–water partition coefficient (Wildman–Crippen LogP) is 1.89. The van der Waals surface area contributed by atoms with E-state index in [-0.39, 0.29) is 19.7 Å². The fourth-order valence-corrected chi connectivity index (χ4v) is 1.79. The van der Waals surface area contributed by atoms with Gasteiger partial charge in [-0.1, -0.05) is 12.1 Å². The van der Waals surface area contributed by atoms with E-state index in [0.29, 0.717) is 30.9 Å². The second kappa shape index (κ2) is 9.23. The minimum Gasteiger partial charge on any atom is -0.492 e. The van der Waals surface area contributed by atoms with Gasteiger partial charge in [-0.3, -0.25) is 4.90 Å². The van der Waals surface area contributed by atoms with Crippen LogP contribution < -0.4 is 4.74 Å². The lowest BCUT2D eigenvalue weighted by Crippen LogP contribution is -2.33. The Hall–Kier alpha value is -1.71. The van der Waals surface area contributed by atoms with Gasteiger partial charge in [0.2, 0.25) is 0 Å². The molecule has 0 bridgehead atoms. The zero-order valence-electron chi connectivity index (χ0n) is 11.1. The van der Waals surface area contributed by atoms with Crippen molar-refractivity contribution in [1.29, 1.82) is 5.26 Å². The molecule has 0 fully saturated rings. The van der Waals surface area contributed by atoms with Gasteiger partial charge in [0.1, 0.15) is 11.8 Å². The van der Waals surface area contributed by atoms with Gasteiger partial charge in [-0.25, -0.2) is 8.78 Å². The third-order valence-corrected chi connectivity index (χ3v) is 2.70. The minimum absolute atomic E-state index is 0.148. The summed E-state index contributed by atoms with van der Waals surface area (Å²) in [6, 6.07) is 8.89. The van der Waals surface area contributed by atoms with Crippen molar-refractivity contribution in [2.45, 2.75) is 12.8 Å². The van der Waals surface area contributed by atoms with Crippen LogP contribution in [0.5, 0.6) is 5.75 Å². The van der Waals surface area contributed by atoms with E-state index in [2.05, 4.69) is 0 Å². The zero-order valence-corrected chi connectivity index (χ0v) is 11.1. The molecule has 0 atom stereocenters. The number of rotatable bonds is 9. The van der Waals surface area contributed by atoms with Crippen molar-refractivity contribution in [1.82, 2.24) is 4.90 Å². The second-order valence-corrected chi connectivity index (χ2v) is 4.23. The normalized spacial score (nSPS) is 10.8. The highest BCUT2D eigenvalue weighted by molar-refractivity contribution is 5.42. The molecule has 0 saturated heterocycles. The largest absolute Gasteiger partial charge is 0.492 e. The fraction of sp³-hybridized carbons (Fsp3) is 0.500. The number of benzene rings is 1. The number of nitriles is 1. The topological polar surface area (TPSA) is 56.5 Å². The average Bonchev–Trinajstić information content (AvgIpc) is 2.43. The molecule has 0 radical (unpaired) electrons. The van der Waals surface area contributed by atoms with Crippen LogP contribution in [0.2, 0.25) is 0 Å². The third-order valence-electron chi connectivity index (χ3n) is 2.70. The van der Waals surface area contributed by atoms with Gasteiger partial charge in [-0.05, 0) is 18.6 Å². The predicted molar refractivity (Wildman–Crippen MR) is 70.8 cm³/mol. The van der Waals surface area contributed by atoms with Crippen LogP contribution in [0.15, 0.2) is 24.3 Å². The number of hydrogen-bond donors (Lipinski definition) is 1. The van der Waals surface area contributed by atoms with E-state index in [1.807, 2.05) is 6.07 Å². The molecule has 0 heterocycles. The van der Waals surface area contributed by atoms with Gasteiger partial charge in [-0.2, -0.15) is 5.26 Å². The van der Waals surface area contributed by atoms with Crippen molar-refractivity contribution in [2.75, 3.05) is 32.8 Å². The van der Waals surface area contributed by atoms with Crippen LogP contribution in [0.25, 0.3) is 0 Å². The van der Waals surface area contributed by atoms with Crippen LogP contribution in [0.3, 0.4) is 0 Å². The number of alkyl halides is 2. The molecular weight excluding hydrogens is 266 g/mol. The van der Waals surface area contributed by atoms with Crippen LogP contribution in [0.1, 0.15) is 12.0 Å². The average molecular weight is 284 g/mol. The first-order valence-corrected chi connectivity index (χ1v) is 6.40. The quantitative estimate of drug-likeness (QED) is 0.704. The van der Waals surface area contributed by atoms with Crippen molar-refractivity contribution < 1.29 is 18.6 Å². The first-order valence-electron chi connectivity index (χ1n) is 6.40. The number of aliphatic hydroxyl groups excluding tert-OH is 1. The van der Waals surface area contributed by atoms with Crippen molar-refractivity contribution in [3.8, 4) is 11.8 Å². The molecule has 0 aliphatic rings. The van der Waals surface area contributed by atoms with Crippen LogP contribution >= 0.6 is 0 Å². The summed E-state index contributed by atoms with van der Waals surface area (Å²) in [7, 11) is 0. The van der Waals surface area contributed by atoms with Crippen LogP contribution in [-0.4, -0.2) is 49.3 Å². The summed E-state index contributed by atoms with van der Waals surface area (Å²) in [6.07, 6.45) is -1.87. The van der Waals surface area contributed by atoms with Gasteiger partial charge in [-0.15, -0.1) is 0 Å². The van der Waals surface area contributed by atoms with Gasteiger partial charge < -0.3 is 9.84 Å². The molecule has 0 unspecified atom stereocenters. The van der Waals surface area contributed by atoms with Gasteiger partial charge >= 0.3 is 0 Å². The van der Waals surface area contributed by atoms with Gasteiger partial charge in [0.25, 0.3) is 6.43 Å². The third kappa shape index (κ3) is 5.95. The van der Waals surface area contributed by atoms with Gasteiger partial charge in [0, 0.05) is 13.1 Å². The van der Waals surface area contributed by atoms with Gasteiger partial charge in [0.15, 0.2) is 0 Å². The van der Waals surface area contributed by atoms with E-state index < -0.39 is 6.43 Å². The van der Waals surface area contributed by atoms with Crippen molar-refractivity contribution >= 4 is 0 Å². The lowest BCUT2D eigenvalue weighted by Gasteiger charge is -2.20. The SMILES string of the molecule is N#Cc1ccccc1OCCCN(CCO)CC(F)F. The van der Waals surface area contributed by atoms with E-state index in [0.717, 1.165) is 0 Å². The molecule has 0 saturated carbocycles. The van der Waals surface area contributed by atoms with Crippen molar-refractivity contribution in [3.63, 3.8) is 0 Å². The van der Waals surface area contributed by atoms with Crippen LogP contribution in [-0.2, 0) is 0 Å². The molecule has 0 aromatic heterocycles. The summed E-state index contributed by atoms with van der Waals surface area (Å²) < 4.78 is 30.0. The van der Waals surface area contributed by atoms with E-state index >= 15 is 0 Å². The highest BCUT2D eigenvalue weighted by atomic mass is 19.3. The standard InChI is InChI=1S/C14H18F2N2O2/c15-14(16)11-18(7-8-19)6-3-9-20-13-5-2-1-4-12(13)10-17/h1-2,4-5,14,19H,3,6-9,11H2. The summed E-state index contributed by atoms with van der Waals surface area (Å²) in [5, 5.41) is 17.7. The molecular formula is C14H18F2N2O2. The molecule has 1 rings (SSSR count). The molecule has 110 valence electrons. The summed E-state index contributed by atoms with van der Waals surface area (Å²) in [5.41, 5.74) is 0.451. The molecule has 1 aromatic rings. The highest BCUT2D eigenvalue weighted by Crippen LogP contribution is 2.16. The lowest BCUT2D eigenvalue weighted by molar-refractivity contribution is 0.0754. The molecule has 0 spiro atoms. The highest BCUT2D eigenvalue weighted by Gasteiger charge is 2.11. The molecule has 6 heteroatoms. The monoisotopic (exact) mass is 284 g/mol. The smallest absolute Gasteiger partial charge is 0.251 e. The Balaban J connectivity index is 2.34. The molecule has 0 aliphatic carbocycles. The fourth-order valence-electron chi connectivity index (χ4n) is 1.79. The maximum atomic E-state index is 12.3. The number of nitrogens with zero attached hydrogens (tertiary/aromatic N) is 2. The Morgan fingerprint density at radius 3 is 2.70 bits per heavy atom. The van der Waals surface area contributed by atoms with E-state index in [1.54, 1.807) is 24.3 Å². The molecule has 20 heavy (non-hydrogen) atoms. The molecule has 0 amide bonds. The van der Waals surface area contributed by atoms with E-state index in [4.69, 9.17) is 15.1 Å². The number of aliphatic hydroxyl groups is 1. The Morgan fingerprint density at radius 1 is 1.30 bits per heavy atom. The first kappa shape index (κ1) is 16.3. The Labute approximate surface area is 117 Å². The van der Waals surface area contributed by atoms with Gasteiger partial charge in [0.05, 0.1) is 25.3 Å². The maximum Gasteiger partial charge on any atom is 0.251 e. The number of hydrogen-bond acceptors (Lipinski definition) is 4. The molecule has 4 nitrogen and oxygen atoms in total. The second-order valence-electron chi connectivity index (χ2n) is 4.23. The Bertz CT molecular complexity index is 435. The summed E-state index contributed by atoms with van der Waals surface area (Å²) in [5.74, 6) is 0.498. The molecule has 0 aliphatic heterocycles. The van der Waals surface area contributed by atoms with E-state index in [1.165, 1.54) is 4.90 Å². The number of halogens is 2. The molecule has 1 aromatic carbocycles. The molecule has 1 N–H and O–H groups in total.